The predicted molar refractivity (Wildman–Crippen MR) is 101 cm³/mol. The van der Waals surface area contributed by atoms with Gasteiger partial charge < -0.3 is 10.3 Å². The second kappa shape index (κ2) is 5.45. The lowest BCUT2D eigenvalue weighted by atomic mass is 9.96. The quantitative estimate of drug-likeness (QED) is 0.561. The zero-order valence-electron chi connectivity index (χ0n) is 14.0. The van der Waals surface area contributed by atoms with E-state index in [0.717, 1.165) is 34.3 Å². The van der Waals surface area contributed by atoms with Crippen molar-refractivity contribution in [3.05, 3.63) is 77.6 Å². The molecule has 1 aliphatic rings. The minimum absolute atomic E-state index is 0.0752. The van der Waals surface area contributed by atoms with Gasteiger partial charge in [0.2, 0.25) is 0 Å². The molecule has 2 N–H and O–H groups in total. The third kappa shape index (κ3) is 2.14. The molecule has 4 heteroatoms. The van der Waals surface area contributed by atoms with Crippen LogP contribution in [0.3, 0.4) is 0 Å². The van der Waals surface area contributed by atoms with Crippen LogP contribution in [0.2, 0.25) is 0 Å². The molecule has 0 radical (unpaired) electrons. The van der Waals surface area contributed by atoms with Crippen LogP contribution in [0.15, 0.2) is 60.9 Å². The molecule has 3 heterocycles. The first-order valence-corrected chi connectivity index (χ1v) is 8.62. The SMILES string of the molecule is CCc1ccc(C2Nc3ccccc3-c3cnnc4[nH]cc2c34)cc1. The molecule has 0 saturated carbocycles. The van der Waals surface area contributed by atoms with E-state index >= 15 is 0 Å². The van der Waals surface area contributed by atoms with Gasteiger partial charge in [0.15, 0.2) is 5.65 Å². The van der Waals surface area contributed by atoms with Gasteiger partial charge in [-0.1, -0.05) is 49.4 Å². The van der Waals surface area contributed by atoms with Gasteiger partial charge in [0.25, 0.3) is 0 Å². The Morgan fingerprint density at radius 1 is 1.00 bits per heavy atom. The molecular formula is C21H18N4. The fourth-order valence-corrected chi connectivity index (χ4v) is 3.72. The fourth-order valence-electron chi connectivity index (χ4n) is 3.72. The lowest BCUT2D eigenvalue weighted by Gasteiger charge is -2.19. The molecule has 4 aromatic rings. The van der Waals surface area contributed by atoms with Crippen molar-refractivity contribution in [3.8, 4) is 11.1 Å². The Balaban J connectivity index is 1.78. The highest BCUT2D eigenvalue weighted by molar-refractivity contribution is 6.00. The van der Waals surface area contributed by atoms with E-state index in [0.29, 0.717) is 0 Å². The Bertz CT molecular complexity index is 1060. The molecule has 2 aromatic carbocycles. The van der Waals surface area contributed by atoms with E-state index in [4.69, 9.17) is 0 Å². The van der Waals surface area contributed by atoms with Crippen LogP contribution in [0.5, 0.6) is 0 Å². The fraction of sp³-hybridized carbons (Fsp3) is 0.143. The molecule has 1 aliphatic heterocycles. The van der Waals surface area contributed by atoms with E-state index < -0.39 is 0 Å². The standard InChI is InChI=1S/C21H18N4/c1-2-13-7-9-14(10-8-13)20-17-11-22-21-19(17)16(12-23-25-21)15-5-3-4-6-18(15)24-20/h3-12,20,24H,2H2,1H3,(H,22,25). The maximum atomic E-state index is 4.28. The Morgan fingerprint density at radius 3 is 2.68 bits per heavy atom. The summed E-state index contributed by atoms with van der Waals surface area (Å²) in [6.07, 6.45) is 4.97. The highest BCUT2D eigenvalue weighted by Crippen LogP contribution is 2.42. The van der Waals surface area contributed by atoms with Crippen LogP contribution >= 0.6 is 0 Å². The van der Waals surface area contributed by atoms with Crippen molar-refractivity contribution in [2.75, 3.05) is 5.32 Å². The molecule has 5 rings (SSSR count). The highest BCUT2D eigenvalue weighted by Gasteiger charge is 2.26. The first-order valence-electron chi connectivity index (χ1n) is 8.62. The largest absolute Gasteiger partial charge is 0.374 e. The lowest BCUT2D eigenvalue weighted by molar-refractivity contribution is 0.949. The van der Waals surface area contributed by atoms with Crippen molar-refractivity contribution >= 4 is 16.7 Å². The molecule has 0 amide bonds. The topological polar surface area (TPSA) is 53.6 Å². The van der Waals surface area contributed by atoms with Crippen LogP contribution in [0.1, 0.15) is 29.7 Å². The zero-order valence-corrected chi connectivity index (χ0v) is 14.0. The van der Waals surface area contributed by atoms with Gasteiger partial charge in [-0.15, -0.1) is 5.10 Å². The third-order valence-electron chi connectivity index (χ3n) is 5.05. The third-order valence-corrected chi connectivity index (χ3v) is 5.05. The second-order valence-corrected chi connectivity index (χ2v) is 6.44. The minimum Gasteiger partial charge on any atom is -0.374 e. The normalized spacial score (nSPS) is 15.5. The number of hydrogen-bond donors (Lipinski definition) is 2. The number of aromatic nitrogens is 3. The summed E-state index contributed by atoms with van der Waals surface area (Å²) < 4.78 is 0. The van der Waals surface area contributed by atoms with Crippen molar-refractivity contribution in [2.24, 2.45) is 0 Å². The van der Waals surface area contributed by atoms with Gasteiger partial charge in [0.05, 0.1) is 12.2 Å². The Kier molecular flexibility index (Phi) is 3.10. The number of nitrogens with zero attached hydrogens (tertiary/aromatic N) is 2. The summed E-state index contributed by atoms with van der Waals surface area (Å²) in [7, 11) is 0. The summed E-state index contributed by atoms with van der Waals surface area (Å²) in [4.78, 5) is 3.29. The van der Waals surface area contributed by atoms with Crippen LogP contribution in [-0.4, -0.2) is 15.2 Å². The molecule has 25 heavy (non-hydrogen) atoms. The summed E-state index contributed by atoms with van der Waals surface area (Å²) in [5.41, 5.74) is 8.05. The van der Waals surface area contributed by atoms with Gasteiger partial charge >= 0.3 is 0 Å². The van der Waals surface area contributed by atoms with Crippen molar-refractivity contribution in [1.82, 2.24) is 15.2 Å². The molecule has 122 valence electrons. The van der Waals surface area contributed by atoms with E-state index in [1.165, 1.54) is 16.7 Å². The summed E-state index contributed by atoms with van der Waals surface area (Å²) in [5.74, 6) is 0. The smallest absolute Gasteiger partial charge is 0.160 e. The van der Waals surface area contributed by atoms with Crippen molar-refractivity contribution in [3.63, 3.8) is 0 Å². The monoisotopic (exact) mass is 326 g/mol. The summed E-state index contributed by atoms with van der Waals surface area (Å²) in [5, 5.41) is 13.3. The van der Waals surface area contributed by atoms with Gasteiger partial charge in [-0.3, -0.25) is 0 Å². The Labute approximate surface area is 145 Å². The number of nitrogens with one attached hydrogen (secondary N) is 2. The zero-order chi connectivity index (χ0) is 16.8. The number of aryl methyl sites for hydroxylation is 1. The number of benzene rings is 2. The summed E-state index contributed by atoms with van der Waals surface area (Å²) in [6.45, 7) is 2.18. The van der Waals surface area contributed by atoms with Gasteiger partial charge in [0.1, 0.15) is 0 Å². The summed E-state index contributed by atoms with van der Waals surface area (Å²) in [6, 6.07) is 17.3. The van der Waals surface area contributed by atoms with Crippen LogP contribution < -0.4 is 5.32 Å². The van der Waals surface area contributed by atoms with E-state index in [1.54, 1.807) is 0 Å². The second-order valence-electron chi connectivity index (χ2n) is 6.44. The molecule has 1 unspecified atom stereocenters. The summed E-state index contributed by atoms with van der Waals surface area (Å²) >= 11 is 0. The van der Waals surface area contributed by atoms with Gasteiger partial charge in [-0.25, -0.2) is 0 Å². The predicted octanol–water partition coefficient (Wildman–Crippen LogP) is 4.70. The van der Waals surface area contributed by atoms with E-state index in [-0.39, 0.29) is 6.04 Å². The Hall–Kier alpha value is -3.14. The molecular weight excluding hydrogens is 308 g/mol. The number of H-pyrrole nitrogens is 1. The van der Waals surface area contributed by atoms with Crippen LogP contribution in [0.4, 0.5) is 5.69 Å². The van der Waals surface area contributed by atoms with Crippen LogP contribution in [-0.2, 0) is 6.42 Å². The Morgan fingerprint density at radius 2 is 1.84 bits per heavy atom. The molecule has 0 aliphatic carbocycles. The minimum atomic E-state index is 0.0752. The van der Waals surface area contributed by atoms with Crippen molar-refractivity contribution in [1.29, 1.82) is 0 Å². The maximum Gasteiger partial charge on any atom is 0.160 e. The average molecular weight is 326 g/mol. The van der Waals surface area contributed by atoms with E-state index in [2.05, 4.69) is 82.1 Å². The van der Waals surface area contributed by atoms with Gasteiger partial charge in [0, 0.05) is 34.0 Å². The molecule has 0 fully saturated rings. The number of anilines is 1. The lowest BCUT2D eigenvalue weighted by Crippen LogP contribution is -2.11. The van der Waals surface area contributed by atoms with Gasteiger partial charge in [-0.2, -0.15) is 5.10 Å². The highest BCUT2D eigenvalue weighted by atomic mass is 15.1. The number of fused-ring (bicyclic) bond motifs is 2. The van der Waals surface area contributed by atoms with Crippen LogP contribution in [0.25, 0.3) is 22.2 Å². The van der Waals surface area contributed by atoms with Gasteiger partial charge in [-0.05, 0) is 23.6 Å². The van der Waals surface area contributed by atoms with Crippen LogP contribution in [0, 0.1) is 0 Å². The van der Waals surface area contributed by atoms with Crippen molar-refractivity contribution in [2.45, 2.75) is 19.4 Å². The number of aromatic amines is 1. The number of hydrogen-bond acceptors (Lipinski definition) is 3. The molecule has 4 nitrogen and oxygen atoms in total. The molecule has 0 saturated heterocycles. The average Bonchev–Trinajstić information content (AvgIpc) is 3.04. The molecule has 1 atom stereocenters. The number of rotatable bonds is 2. The molecule has 0 bridgehead atoms. The molecule has 2 aromatic heterocycles. The number of para-hydroxylation sites is 1. The maximum absolute atomic E-state index is 4.28. The first-order chi connectivity index (χ1) is 12.3. The van der Waals surface area contributed by atoms with E-state index in [9.17, 15) is 0 Å². The first kappa shape index (κ1) is 14.2. The molecule has 0 spiro atoms. The van der Waals surface area contributed by atoms with E-state index in [1.807, 2.05) is 6.20 Å². The van der Waals surface area contributed by atoms with Crippen molar-refractivity contribution < 1.29 is 0 Å².